The summed E-state index contributed by atoms with van der Waals surface area (Å²) in [5, 5.41) is 11.1. The highest BCUT2D eigenvalue weighted by molar-refractivity contribution is 6.74. The van der Waals surface area contributed by atoms with Gasteiger partial charge in [0.05, 0.1) is 18.1 Å². The number of hydrogen-bond donors (Lipinski definition) is 1. The van der Waals surface area contributed by atoms with Crippen LogP contribution in [-0.4, -0.2) is 37.2 Å². The second-order valence-electron chi connectivity index (χ2n) is 9.88. The largest absolute Gasteiger partial charge is 0.462 e. The fourth-order valence-electron chi connectivity index (χ4n) is 3.18. The highest BCUT2D eigenvalue weighted by Crippen LogP contribution is 2.39. The molecule has 0 aromatic carbocycles. The Kier molecular flexibility index (Phi) is 8.09. The minimum absolute atomic E-state index is 0.0182. The van der Waals surface area contributed by atoms with Gasteiger partial charge >= 0.3 is 5.97 Å². The van der Waals surface area contributed by atoms with Crippen LogP contribution in [0.25, 0.3) is 0 Å². The quantitative estimate of drug-likeness (QED) is 0.312. The number of esters is 1. The summed E-state index contributed by atoms with van der Waals surface area (Å²) in [5.41, 5.74) is -0.924. The first-order chi connectivity index (χ1) is 12.2. The second-order valence-corrected chi connectivity index (χ2v) is 14.6. The Bertz CT molecular complexity index is 533. The molecule has 0 saturated carbocycles. The van der Waals surface area contributed by atoms with Crippen LogP contribution in [0.5, 0.6) is 0 Å². The van der Waals surface area contributed by atoms with E-state index in [2.05, 4.69) is 53.9 Å². The van der Waals surface area contributed by atoms with Crippen molar-refractivity contribution < 1.29 is 19.1 Å². The predicted octanol–water partition coefficient (Wildman–Crippen LogP) is 5.24. The van der Waals surface area contributed by atoms with Crippen molar-refractivity contribution in [3.05, 3.63) is 25.3 Å². The average molecular weight is 397 g/mol. The van der Waals surface area contributed by atoms with Gasteiger partial charge in [0.2, 0.25) is 0 Å². The topological polar surface area (TPSA) is 55.8 Å². The first-order valence-electron chi connectivity index (χ1n) is 10.1. The molecule has 0 spiro atoms. The molecule has 1 aliphatic heterocycles. The van der Waals surface area contributed by atoms with Crippen LogP contribution in [0.2, 0.25) is 18.1 Å². The minimum atomic E-state index is -1.92. The van der Waals surface area contributed by atoms with Crippen molar-refractivity contribution in [1.82, 2.24) is 0 Å². The standard InChI is InChI=1S/C22H40O4Si/c1-10-16(3)18(26-27(8,9)21(4,5)6)12-13-22(7,24)15-19-17(11-2)14-20(23)25-19/h10-11,16-19,24H,1-2,12-15H2,3-9H3/t16-,17-,18+,19-,22+/m1/s1. The molecule has 156 valence electrons. The lowest BCUT2D eigenvalue weighted by molar-refractivity contribution is -0.143. The Morgan fingerprint density at radius 1 is 1.33 bits per heavy atom. The Labute approximate surface area is 167 Å². The molecule has 27 heavy (non-hydrogen) atoms. The zero-order valence-corrected chi connectivity index (χ0v) is 19.4. The molecule has 5 heteroatoms. The lowest BCUT2D eigenvalue weighted by atomic mass is 9.86. The first kappa shape index (κ1) is 24.1. The molecule has 0 aromatic rings. The van der Waals surface area contributed by atoms with Gasteiger partial charge in [-0.1, -0.05) is 39.8 Å². The van der Waals surface area contributed by atoms with Crippen LogP contribution < -0.4 is 0 Å². The third-order valence-corrected chi connectivity index (χ3v) is 10.8. The molecule has 1 fully saturated rings. The highest BCUT2D eigenvalue weighted by atomic mass is 28.4. The van der Waals surface area contributed by atoms with Gasteiger partial charge in [-0.2, -0.15) is 0 Å². The third kappa shape index (κ3) is 6.88. The van der Waals surface area contributed by atoms with Crippen molar-refractivity contribution in [3.8, 4) is 0 Å². The fraction of sp³-hybridized carbons (Fsp3) is 0.773. The average Bonchev–Trinajstić information content (AvgIpc) is 2.88. The number of carbonyl (C=O) groups is 1. The summed E-state index contributed by atoms with van der Waals surface area (Å²) in [4.78, 5) is 11.6. The summed E-state index contributed by atoms with van der Waals surface area (Å²) >= 11 is 0. The van der Waals surface area contributed by atoms with Crippen molar-refractivity contribution in [2.24, 2.45) is 11.8 Å². The Morgan fingerprint density at radius 2 is 1.93 bits per heavy atom. The first-order valence-corrected chi connectivity index (χ1v) is 13.0. The summed E-state index contributed by atoms with van der Waals surface area (Å²) in [6.45, 7) is 22.9. The molecule has 0 amide bonds. The van der Waals surface area contributed by atoms with Crippen molar-refractivity contribution in [2.75, 3.05) is 0 Å². The molecule has 0 radical (unpaired) electrons. The Hall–Kier alpha value is -0.913. The Balaban J connectivity index is 2.77. The van der Waals surface area contributed by atoms with E-state index >= 15 is 0 Å². The van der Waals surface area contributed by atoms with Crippen LogP contribution in [0.1, 0.15) is 60.3 Å². The molecule has 0 aromatic heterocycles. The molecular formula is C22H40O4Si. The van der Waals surface area contributed by atoms with Crippen LogP contribution in [-0.2, 0) is 14.0 Å². The summed E-state index contributed by atoms with van der Waals surface area (Å²) in [7, 11) is -1.92. The van der Waals surface area contributed by atoms with Crippen molar-refractivity contribution in [2.45, 2.75) is 96.2 Å². The van der Waals surface area contributed by atoms with E-state index < -0.39 is 13.9 Å². The lowest BCUT2D eigenvalue weighted by Gasteiger charge is -2.41. The van der Waals surface area contributed by atoms with Crippen LogP contribution in [0.15, 0.2) is 25.3 Å². The van der Waals surface area contributed by atoms with Gasteiger partial charge in [0, 0.05) is 12.3 Å². The number of cyclic esters (lactones) is 1. The van der Waals surface area contributed by atoms with E-state index in [9.17, 15) is 9.90 Å². The second kappa shape index (κ2) is 9.06. The minimum Gasteiger partial charge on any atom is -0.462 e. The van der Waals surface area contributed by atoms with E-state index in [0.29, 0.717) is 19.3 Å². The van der Waals surface area contributed by atoms with E-state index in [1.165, 1.54) is 0 Å². The number of ether oxygens (including phenoxy) is 1. The maximum atomic E-state index is 11.6. The summed E-state index contributed by atoms with van der Waals surface area (Å²) < 4.78 is 12.0. The smallest absolute Gasteiger partial charge is 0.306 e. The van der Waals surface area contributed by atoms with Gasteiger partial charge in [-0.15, -0.1) is 13.2 Å². The van der Waals surface area contributed by atoms with Crippen LogP contribution in [0, 0.1) is 11.8 Å². The number of hydrogen-bond acceptors (Lipinski definition) is 4. The summed E-state index contributed by atoms with van der Waals surface area (Å²) in [6, 6.07) is 0. The highest BCUT2D eigenvalue weighted by Gasteiger charge is 2.41. The fourth-order valence-corrected chi connectivity index (χ4v) is 4.62. The summed E-state index contributed by atoms with van der Waals surface area (Å²) in [5.74, 6) is -0.0179. The molecule has 4 nitrogen and oxygen atoms in total. The van der Waals surface area contributed by atoms with Crippen LogP contribution >= 0.6 is 0 Å². The monoisotopic (exact) mass is 396 g/mol. The van der Waals surface area contributed by atoms with Crippen LogP contribution in [0.4, 0.5) is 0 Å². The van der Waals surface area contributed by atoms with Gasteiger partial charge in [-0.05, 0) is 43.8 Å². The van der Waals surface area contributed by atoms with E-state index in [1.807, 2.05) is 13.0 Å². The lowest BCUT2D eigenvalue weighted by Crippen LogP contribution is -2.46. The number of aliphatic hydroxyl groups is 1. The van der Waals surface area contributed by atoms with E-state index in [4.69, 9.17) is 9.16 Å². The molecule has 1 aliphatic rings. The van der Waals surface area contributed by atoms with Crippen molar-refractivity contribution in [3.63, 3.8) is 0 Å². The predicted molar refractivity (Wildman–Crippen MR) is 114 cm³/mol. The molecule has 0 unspecified atom stereocenters. The molecule has 1 heterocycles. The van der Waals surface area contributed by atoms with Gasteiger partial charge in [-0.25, -0.2) is 0 Å². The molecule has 1 rings (SSSR count). The van der Waals surface area contributed by atoms with Crippen LogP contribution in [0.3, 0.4) is 0 Å². The van der Waals surface area contributed by atoms with E-state index in [0.717, 1.165) is 6.42 Å². The molecule has 1 N–H and O–H groups in total. The van der Waals surface area contributed by atoms with Gasteiger partial charge in [0.25, 0.3) is 0 Å². The number of carbonyl (C=O) groups excluding carboxylic acids is 1. The maximum Gasteiger partial charge on any atom is 0.306 e. The van der Waals surface area contributed by atoms with E-state index in [1.54, 1.807) is 6.08 Å². The SMILES string of the molecule is C=C[C@@H](C)[C@H](CC[C@](C)(O)C[C@H]1OC(=O)C[C@H]1C=C)O[Si](C)(C)C(C)(C)C. The van der Waals surface area contributed by atoms with Crippen molar-refractivity contribution in [1.29, 1.82) is 0 Å². The number of rotatable bonds is 10. The van der Waals surface area contributed by atoms with E-state index in [-0.39, 0.29) is 35.1 Å². The molecular weight excluding hydrogens is 356 g/mol. The van der Waals surface area contributed by atoms with Crippen molar-refractivity contribution >= 4 is 14.3 Å². The molecule has 1 saturated heterocycles. The third-order valence-electron chi connectivity index (χ3n) is 6.28. The van der Waals surface area contributed by atoms with Gasteiger partial charge in [0.1, 0.15) is 6.10 Å². The normalized spacial score (nSPS) is 25.4. The van der Waals surface area contributed by atoms with Gasteiger partial charge < -0.3 is 14.3 Å². The van der Waals surface area contributed by atoms with Gasteiger partial charge in [-0.3, -0.25) is 4.79 Å². The van der Waals surface area contributed by atoms with Gasteiger partial charge in [0.15, 0.2) is 8.32 Å². The maximum absolute atomic E-state index is 11.6. The molecule has 5 atom stereocenters. The zero-order chi connectivity index (χ0) is 21.0. The summed E-state index contributed by atoms with van der Waals surface area (Å²) in [6.07, 6.45) is 5.53. The molecule has 0 aliphatic carbocycles. The zero-order valence-electron chi connectivity index (χ0n) is 18.4. The Morgan fingerprint density at radius 3 is 2.41 bits per heavy atom. The molecule has 0 bridgehead atoms.